The van der Waals surface area contributed by atoms with Gasteiger partial charge in [0, 0.05) is 17.3 Å². The van der Waals surface area contributed by atoms with Crippen LogP contribution in [0.25, 0.3) is 0 Å². The second kappa shape index (κ2) is 7.46. The molecule has 128 valence electrons. The first-order valence-corrected chi connectivity index (χ1v) is 8.92. The Morgan fingerprint density at radius 2 is 1.79 bits per heavy atom. The lowest BCUT2D eigenvalue weighted by Gasteiger charge is -2.12. The minimum absolute atomic E-state index is 0.0272. The number of nitrogens with one attached hydrogen (secondary N) is 2. The molecule has 2 aromatic rings. The third-order valence-corrected chi connectivity index (χ3v) is 4.55. The van der Waals surface area contributed by atoms with E-state index in [-0.39, 0.29) is 16.6 Å². The molecule has 1 amide bonds. The Hall–Kier alpha value is -2.38. The highest BCUT2D eigenvalue weighted by Crippen LogP contribution is 2.20. The van der Waals surface area contributed by atoms with Crippen LogP contribution in [0.3, 0.4) is 0 Å². The number of benzene rings is 2. The number of carbonyl (C=O) groups excluding carboxylic acids is 1. The Kier molecular flexibility index (Phi) is 5.58. The molecule has 0 radical (unpaired) electrons. The van der Waals surface area contributed by atoms with E-state index in [0.717, 1.165) is 0 Å². The van der Waals surface area contributed by atoms with Crippen LogP contribution in [0.1, 0.15) is 24.2 Å². The van der Waals surface area contributed by atoms with Crippen LogP contribution >= 0.6 is 0 Å². The maximum atomic E-state index is 12.3. The van der Waals surface area contributed by atoms with Crippen molar-refractivity contribution in [2.24, 2.45) is 0 Å². The van der Waals surface area contributed by atoms with Crippen molar-refractivity contribution in [2.75, 3.05) is 12.4 Å². The fourth-order valence-corrected chi connectivity index (χ4v) is 2.82. The average molecular weight is 348 g/mol. The average Bonchev–Trinajstić information content (AvgIpc) is 2.54. The molecule has 0 bridgehead atoms. The zero-order valence-electron chi connectivity index (χ0n) is 13.7. The molecule has 0 saturated carbocycles. The van der Waals surface area contributed by atoms with Gasteiger partial charge in [0.1, 0.15) is 5.75 Å². The molecular formula is C17H20N2O4S. The van der Waals surface area contributed by atoms with Crippen molar-refractivity contribution < 1.29 is 17.9 Å². The molecule has 24 heavy (non-hydrogen) atoms. The fraction of sp³-hybridized carbons (Fsp3) is 0.235. The minimum atomic E-state index is -3.60. The van der Waals surface area contributed by atoms with E-state index in [2.05, 4.69) is 10.0 Å². The van der Waals surface area contributed by atoms with Crippen molar-refractivity contribution in [1.82, 2.24) is 4.72 Å². The number of carbonyl (C=O) groups is 1. The van der Waals surface area contributed by atoms with Gasteiger partial charge < -0.3 is 10.1 Å². The lowest BCUT2D eigenvalue weighted by atomic mass is 10.2. The molecule has 2 aromatic carbocycles. The highest BCUT2D eigenvalue weighted by Gasteiger charge is 2.14. The van der Waals surface area contributed by atoms with Gasteiger partial charge in [-0.25, -0.2) is 13.1 Å². The topological polar surface area (TPSA) is 84.5 Å². The zero-order chi connectivity index (χ0) is 17.7. The summed E-state index contributed by atoms with van der Waals surface area (Å²) in [6.07, 6.45) is 0.0272. The van der Waals surface area contributed by atoms with Crippen LogP contribution in [-0.4, -0.2) is 27.5 Å². The normalized spacial score (nSPS) is 11.3. The molecule has 0 aliphatic rings. The number of anilines is 1. The Morgan fingerprint density at radius 1 is 1.08 bits per heavy atom. The molecule has 0 aromatic heterocycles. The summed E-state index contributed by atoms with van der Waals surface area (Å²) in [7, 11) is -2.28. The standard InChI is InChI=1S/C17H20N2O4S/c1-12(2)23-15-8-5-7-14(11-15)19-17(20)13-6-4-9-16(10-13)24(21,22)18-3/h4-12,18H,1-3H3,(H,19,20). The predicted octanol–water partition coefficient (Wildman–Crippen LogP) is 2.63. The first-order chi connectivity index (χ1) is 11.3. The van der Waals surface area contributed by atoms with Crippen LogP contribution in [0, 0.1) is 0 Å². The monoisotopic (exact) mass is 348 g/mol. The summed E-state index contributed by atoms with van der Waals surface area (Å²) in [5.41, 5.74) is 0.821. The maximum Gasteiger partial charge on any atom is 0.255 e. The molecule has 6 nitrogen and oxygen atoms in total. The van der Waals surface area contributed by atoms with E-state index in [9.17, 15) is 13.2 Å². The van der Waals surface area contributed by atoms with Crippen molar-refractivity contribution in [3.8, 4) is 5.75 Å². The molecule has 7 heteroatoms. The fourth-order valence-electron chi connectivity index (χ4n) is 2.04. The molecule has 2 rings (SSSR count). The smallest absolute Gasteiger partial charge is 0.255 e. The number of ether oxygens (including phenoxy) is 1. The van der Waals surface area contributed by atoms with E-state index in [0.29, 0.717) is 11.4 Å². The van der Waals surface area contributed by atoms with Gasteiger partial charge in [-0.05, 0) is 51.2 Å². The SMILES string of the molecule is CNS(=O)(=O)c1cccc(C(=O)Nc2cccc(OC(C)C)c2)c1. The Bertz CT molecular complexity index is 832. The molecule has 2 N–H and O–H groups in total. The van der Waals surface area contributed by atoms with Gasteiger partial charge >= 0.3 is 0 Å². The summed E-state index contributed by atoms with van der Waals surface area (Å²) >= 11 is 0. The molecule has 0 aliphatic heterocycles. The summed E-state index contributed by atoms with van der Waals surface area (Å²) in [5, 5.41) is 2.73. The highest BCUT2D eigenvalue weighted by molar-refractivity contribution is 7.89. The van der Waals surface area contributed by atoms with Crippen LogP contribution in [0.4, 0.5) is 5.69 Å². The van der Waals surface area contributed by atoms with Gasteiger partial charge in [0.15, 0.2) is 0 Å². The van der Waals surface area contributed by atoms with Crippen LogP contribution in [0.15, 0.2) is 53.4 Å². The van der Waals surface area contributed by atoms with Gasteiger partial charge in [-0.1, -0.05) is 12.1 Å². The van der Waals surface area contributed by atoms with E-state index < -0.39 is 15.9 Å². The summed E-state index contributed by atoms with van der Waals surface area (Å²) < 4.78 is 31.4. The third-order valence-electron chi connectivity index (χ3n) is 3.14. The molecule has 0 unspecified atom stereocenters. The van der Waals surface area contributed by atoms with Crippen molar-refractivity contribution >= 4 is 21.6 Å². The van der Waals surface area contributed by atoms with Crippen molar-refractivity contribution in [3.05, 3.63) is 54.1 Å². The van der Waals surface area contributed by atoms with Crippen molar-refractivity contribution in [2.45, 2.75) is 24.8 Å². The van der Waals surface area contributed by atoms with Gasteiger partial charge in [-0.2, -0.15) is 0 Å². The largest absolute Gasteiger partial charge is 0.491 e. The molecule has 0 fully saturated rings. The minimum Gasteiger partial charge on any atom is -0.491 e. The van der Waals surface area contributed by atoms with Gasteiger partial charge in [0.2, 0.25) is 10.0 Å². The zero-order valence-corrected chi connectivity index (χ0v) is 14.6. The summed E-state index contributed by atoms with van der Waals surface area (Å²) in [5.74, 6) is 0.249. The molecule has 0 atom stereocenters. The summed E-state index contributed by atoms with van der Waals surface area (Å²) in [6.45, 7) is 3.83. The first-order valence-electron chi connectivity index (χ1n) is 7.43. The van der Waals surface area contributed by atoms with Crippen LogP contribution in [0.2, 0.25) is 0 Å². The van der Waals surface area contributed by atoms with Crippen LogP contribution in [-0.2, 0) is 10.0 Å². The van der Waals surface area contributed by atoms with E-state index in [1.165, 1.54) is 25.2 Å². The van der Waals surface area contributed by atoms with Crippen molar-refractivity contribution in [3.63, 3.8) is 0 Å². The molecule has 0 heterocycles. The van der Waals surface area contributed by atoms with Gasteiger partial charge in [0.25, 0.3) is 5.91 Å². The van der Waals surface area contributed by atoms with Crippen LogP contribution < -0.4 is 14.8 Å². The predicted molar refractivity (Wildman–Crippen MR) is 92.8 cm³/mol. The lowest BCUT2D eigenvalue weighted by molar-refractivity contribution is 0.102. The van der Waals surface area contributed by atoms with Gasteiger partial charge in [0.05, 0.1) is 11.0 Å². The number of hydrogen-bond acceptors (Lipinski definition) is 4. The lowest BCUT2D eigenvalue weighted by Crippen LogP contribution is -2.19. The quantitative estimate of drug-likeness (QED) is 0.840. The number of hydrogen-bond donors (Lipinski definition) is 2. The molecule has 0 saturated heterocycles. The van der Waals surface area contributed by atoms with Crippen LogP contribution in [0.5, 0.6) is 5.75 Å². The van der Waals surface area contributed by atoms with Gasteiger partial charge in [-0.3, -0.25) is 4.79 Å². The van der Waals surface area contributed by atoms with Gasteiger partial charge in [-0.15, -0.1) is 0 Å². The maximum absolute atomic E-state index is 12.3. The summed E-state index contributed by atoms with van der Waals surface area (Å²) in [4.78, 5) is 12.4. The summed E-state index contributed by atoms with van der Waals surface area (Å²) in [6, 6.07) is 12.9. The first kappa shape index (κ1) is 18.0. The third kappa shape index (κ3) is 4.56. The second-order valence-electron chi connectivity index (χ2n) is 5.38. The molecule has 0 aliphatic carbocycles. The number of sulfonamides is 1. The Balaban J connectivity index is 2.20. The Labute approximate surface area is 141 Å². The Morgan fingerprint density at radius 3 is 2.46 bits per heavy atom. The number of rotatable bonds is 6. The highest BCUT2D eigenvalue weighted by atomic mass is 32.2. The molecular weight excluding hydrogens is 328 g/mol. The van der Waals surface area contributed by atoms with E-state index in [1.54, 1.807) is 30.3 Å². The van der Waals surface area contributed by atoms with E-state index >= 15 is 0 Å². The van der Waals surface area contributed by atoms with E-state index in [1.807, 2.05) is 13.8 Å². The number of amides is 1. The van der Waals surface area contributed by atoms with E-state index in [4.69, 9.17) is 4.74 Å². The molecule has 0 spiro atoms. The van der Waals surface area contributed by atoms with Crippen molar-refractivity contribution in [1.29, 1.82) is 0 Å². The second-order valence-corrected chi connectivity index (χ2v) is 7.27.